The van der Waals surface area contributed by atoms with Crippen molar-refractivity contribution in [2.45, 2.75) is 469 Å². The Labute approximate surface area is 545 Å². The third-order valence-corrected chi connectivity index (χ3v) is 19.0. The van der Waals surface area contributed by atoms with Crippen molar-refractivity contribution in [3.05, 3.63) is 24.3 Å². The number of nitrogens with one attached hydrogen (secondary N) is 1. The van der Waals surface area contributed by atoms with Crippen LogP contribution in [0.15, 0.2) is 24.3 Å². The second kappa shape index (κ2) is 76.8. The predicted octanol–water partition coefficient (Wildman–Crippen LogP) is 26.4. The average molecular weight is 1230 g/mol. The number of hydrogen-bond acceptors (Lipinski definition) is 5. The summed E-state index contributed by atoms with van der Waals surface area (Å²) in [6.07, 6.45) is 98.9. The molecule has 0 aliphatic heterocycles. The standard InChI is InChI=1S/C81H157NO5/c1-3-5-7-9-11-13-15-17-18-19-43-46-50-53-57-61-65-69-73-79(84)78(77-83)82-80(85)74-70-66-62-58-54-51-47-44-41-39-37-35-33-31-29-27-25-23-21-20-22-24-26-28-30-32-34-36-38-40-42-45-48-52-56-60-64-68-72-76-87-81(86)75-71-67-63-59-55-49-16-14-12-10-8-6-4-2/h14,16,69,73,78-79,83-84H,3-13,15,17-68,70-72,74-77H2,1-2H3,(H,82,85)/b16-14-,73-69+. The quantitative estimate of drug-likeness (QED) is 0.0320. The number of unbranched alkanes of at least 4 members (excludes halogenated alkanes) is 63. The summed E-state index contributed by atoms with van der Waals surface area (Å²) >= 11 is 0. The summed E-state index contributed by atoms with van der Waals surface area (Å²) in [5.74, 6) is -0.0423. The average Bonchev–Trinajstić information content (AvgIpc) is 3.55. The van der Waals surface area contributed by atoms with Gasteiger partial charge in [0.2, 0.25) is 5.91 Å². The van der Waals surface area contributed by atoms with Crippen LogP contribution < -0.4 is 5.32 Å². The molecule has 0 rings (SSSR count). The molecule has 0 aliphatic carbocycles. The lowest BCUT2D eigenvalue weighted by molar-refractivity contribution is -0.143. The molecule has 0 bridgehead atoms. The van der Waals surface area contributed by atoms with E-state index in [-0.39, 0.29) is 18.5 Å². The highest BCUT2D eigenvalue weighted by atomic mass is 16.5. The molecule has 0 aliphatic rings. The molecular formula is C81H157NO5. The Hall–Kier alpha value is -1.66. The van der Waals surface area contributed by atoms with Gasteiger partial charge in [-0.25, -0.2) is 0 Å². The summed E-state index contributed by atoms with van der Waals surface area (Å²) in [4.78, 5) is 24.6. The number of ether oxygens (including phenoxy) is 1. The summed E-state index contributed by atoms with van der Waals surface area (Å²) < 4.78 is 5.49. The number of carbonyl (C=O) groups excluding carboxylic acids is 2. The van der Waals surface area contributed by atoms with Crippen molar-refractivity contribution < 1.29 is 24.5 Å². The van der Waals surface area contributed by atoms with Gasteiger partial charge in [0.25, 0.3) is 0 Å². The molecule has 0 heterocycles. The van der Waals surface area contributed by atoms with Gasteiger partial charge in [-0.05, 0) is 57.8 Å². The third kappa shape index (κ3) is 73.3. The molecule has 0 saturated carbocycles. The molecule has 516 valence electrons. The van der Waals surface area contributed by atoms with Crippen LogP contribution in [0.3, 0.4) is 0 Å². The van der Waals surface area contributed by atoms with Crippen molar-refractivity contribution in [1.82, 2.24) is 5.32 Å². The minimum absolute atomic E-state index is 0.0153. The molecule has 0 spiro atoms. The number of allylic oxidation sites excluding steroid dienone is 3. The van der Waals surface area contributed by atoms with Crippen LogP contribution in [0.2, 0.25) is 0 Å². The Morgan fingerprint density at radius 3 is 0.828 bits per heavy atom. The summed E-state index contributed by atoms with van der Waals surface area (Å²) in [6.45, 7) is 4.93. The number of carbonyl (C=O) groups is 2. The van der Waals surface area contributed by atoms with Gasteiger partial charge in [0.05, 0.1) is 25.4 Å². The van der Waals surface area contributed by atoms with E-state index in [0.29, 0.717) is 19.4 Å². The smallest absolute Gasteiger partial charge is 0.305 e. The summed E-state index contributed by atoms with van der Waals surface area (Å²) in [5, 5.41) is 23.3. The van der Waals surface area contributed by atoms with E-state index >= 15 is 0 Å². The first-order valence-electron chi connectivity index (χ1n) is 40.1. The predicted molar refractivity (Wildman–Crippen MR) is 384 cm³/mol. The van der Waals surface area contributed by atoms with E-state index in [1.807, 2.05) is 6.08 Å². The molecule has 2 atom stereocenters. The van der Waals surface area contributed by atoms with E-state index in [4.69, 9.17) is 4.74 Å². The van der Waals surface area contributed by atoms with Gasteiger partial charge >= 0.3 is 5.97 Å². The highest BCUT2D eigenvalue weighted by Gasteiger charge is 2.18. The molecule has 0 fully saturated rings. The van der Waals surface area contributed by atoms with E-state index in [0.717, 1.165) is 44.9 Å². The van der Waals surface area contributed by atoms with E-state index < -0.39 is 12.1 Å². The third-order valence-electron chi connectivity index (χ3n) is 19.0. The first-order chi connectivity index (χ1) is 43.0. The lowest BCUT2D eigenvalue weighted by atomic mass is 10.0. The van der Waals surface area contributed by atoms with Crippen LogP contribution in [0.5, 0.6) is 0 Å². The Bertz CT molecular complexity index is 1360. The van der Waals surface area contributed by atoms with Crippen molar-refractivity contribution in [3.8, 4) is 0 Å². The van der Waals surface area contributed by atoms with Gasteiger partial charge in [0.15, 0.2) is 0 Å². The normalized spacial score (nSPS) is 12.6. The van der Waals surface area contributed by atoms with Crippen LogP contribution >= 0.6 is 0 Å². The van der Waals surface area contributed by atoms with E-state index in [1.165, 1.54) is 385 Å². The van der Waals surface area contributed by atoms with Crippen molar-refractivity contribution >= 4 is 11.9 Å². The fourth-order valence-corrected chi connectivity index (χ4v) is 12.9. The van der Waals surface area contributed by atoms with Gasteiger partial charge < -0.3 is 20.3 Å². The fraction of sp³-hybridized carbons (Fsp3) is 0.926. The van der Waals surface area contributed by atoms with Gasteiger partial charge in [-0.3, -0.25) is 9.59 Å². The number of esters is 1. The molecule has 3 N–H and O–H groups in total. The molecule has 0 saturated heterocycles. The number of hydrogen-bond donors (Lipinski definition) is 3. The first kappa shape index (κ1) is 85.3. The topological polar surface area (TPSA) is 95.9 Å². The maximum absolute atomic E-state index is 12.5. The Morgan fingerprint density at radius 2 is 0.540 bits per heavy atom. The van der Waals surface area contributed by atoms with E-state index in [2.05, 4.69) is 31.3 Å². The van der Waals surface area contributed by atoms with Crippen LogP contribution in [0.4, 0.5) is 0 Å². The Balaban J connectivity index is 3.31. The SMILES string of the molecule is CCCCCC/C=C\CCCCCCCC(=O)OCCCCCCCCCCCCCCCCCCCCCCCCCCCCCCCCCCCCCCCCCC(=O)NC(CO)C(O)/C=C/CCCCCCCCCCCCCCCCCC. The monoisotopic (exact) mass is 1220 g/mol. The summed E-state index contributed by atoms with van der Waals surface area (Å²) in [5.41, 5.74) is 0. The first-order valence-corrected chi connectivity index (χ1v) is 40.1. The molecular weight excluding hydrogens is 1070 g/mol. The van der Waals surface area contributed by atoms with E-state index in [1.54, 1.807) is 6.08 Å². The summed E-state index contributed by atoms with van der Waals surface area (Å²) in [6, 6.07) is -0.623. The maximum Gasteiger partial charge on any atom is 0.305 e. The van der Waals surface area contributed by atoms with Gasteiger partial charge in [-0.2, -0.15) is 0 Å². The zero-order chi connectivity index (χ0) is 62.8. The molecule has 6 nitrogen and oxygen atoms in total. The lowest BCUT2D eigenvalue weighted by Gasteiger charge is -2.20. The lowest BCUT2D eigenvalue weighted by Crippen LogP contribution is -2.45. The minimum Gasteiger partial charge on any atom is -0.466 e. The van der Waals surface area contributed by atoms with E-state index in [9.17, 15) is 19.8 Å². The molecule has 1 amide bonds. The van der Waals surface area contributed by atoms with Crippen LogP contribution in [0.1, 0.15) is 457 Å². The van der Waals surface area contributed by atoms with Gasteiger partial charge in [0.1, 0.15) is 0 Å². The van der Waals surface area contributed by atoms with Gasteiger partial charge in [-0.1, -0.05) is 411 Å². The fourth-order valence-electron chi connectivity index (χ4n) is 12.9. The van der Waals surface area contributed by atoms with Crippen LogP contribution in [0, 0.1) is 0 Å². The number of amides is 1. The molecule has 0 aromatic carbocycles. The number of aliphatic hydroxyl groups excluding tert-OH is 2. The maximum atomic E-state index is 12.5. The molecule has 2 unspecified atom stereocenters. The van der Waals surface area contributed by atoms with Crippen LogP contribution in [-0.2, 0) is 14.3 Å². The van der Waals surface area contributed by atoms with Gasteiger partial charge in [-0.15, -0.1) is 0 Å². The van der Waals surface area contributed by atoms with Crippen molar-refractivity contribution in [2.24, 2.45) is 0 Å². The highest BCUT2D eigenvalue weighted by molar-refractivity contribution is 5.76. The van der Waals surface area contributed by atoms with Crippen molar-refractivity contribution in [3.63, 3.8) is 0 Å². The zero-order valence-corrected chi connectivity index (χ0v) is 59.3. The largest absolute Gasteiger partial charge is 0.466 e. The molecule has 0 aromatic heterocycles. The van der Waals surface area contributed by atoms with Gasteiger partial charge in [0, 0.05) is 12.8 Å². The number of rotatable bonds is 76. The second-order valence-corrected chi connectivity index (χ2v) is 27.8. The number of aliphatic hydroxyl groups is 2. The molecule has 0 aromatic rings. The minimum atomic E-state index is -0.840. The second-order valence-electron chi connectivity index (χ2n) is 27.8. The highest BCUT2D eigenvalue weighted by Crippen LogP contribution is 2.20. The molecule has 6 heteroatoms. The zero-order valence-electron chi connectivity index (χ0n) is 59.3. The summed E-state index contributed by atoms with van der Waals surface area (Å²) in [7, 11) is 0. The van der Waals surface area contributed by atoms with Crippen molar-refractivity contribution in [1.29, 1.82) is 0 Å². The van der Waals surface area contributed by atoms with Crippen LogP contribution in [0.25, 0.3) is 0 Å². The van der Waals surface area contributed by atoms with Crippen molar-refractivity contribution in [2.75, 3.05) is 13.2 Å². The molecule has 87 heavy (non-hydrogen) atoms. The van der Waals surface area contributed by atoms with Crippen LogP contribution in [-0.4, -0.2) is 47.4 Å². The Kier molecular flexibility index (Phi) is 75.3. The Morgan fingerprint density at radius 1 is 0.310 bits per heavy atom. The molecule has 0 radical (unpaired) electrons.